The number of non-ortho nitro benzene ring substituents is 1. The van der Waals surface area contributed by atoms with Crippen molar-refractivity contribution in [3.63, 3.8) is 0 Å². The second-order valence-electron chi connectivity index (χ2n) is 5.55. The summed E-state index contributed by atoms with van der Waals surface area (Å²) >= 11 is 0. The van der Waals surface area contributed by atoms with E-state index in [-0.39, 0.29) is 11.4 Å². The Hall–Kier alpha value is -2.74. The Morgan fingerprint density at radius 1 is 1.04 bits per heavy atom. The lowest BCUT2D eigenvalue weighted by Crippen LogP contribution is -2.23. The molecule has 2 aromatic rings. The van der Waals surface area contributed by atoms with Crippen LogP contribution in [0.5, 0.6) is 0 Å². The van der Waals surface area contributed by atoms with Crippen LogP contribution in [0.1, 0.15) is 18.1 Å². The van der Waals surface area contributed by atoms with Gasteiger partial charge in [0.25, 0.3) is 5.69 Å². The zero-order chi connectivity index (χ0) is 18.4. The van der Waals surface area contributed by atoms with Gasteiger partial charge >= 0.3 is 0 Å². The molecule has 8 heteroatoms. The van der Waals surface area contributed by atoms with Gasteiger partial charge in [-0.2, -0.15) is 0 Å². The smallest absolute Gasteiger partial charge is 0.269 e. The van der Waals surface area contributed by atoms with Gasteiger partial charge in [-0.25, -0.2) is 8.42 Å². The SMILES string of the molecule is CCc1ccc(NC(=O)CS(=O)(=O)Cc2ccc([N+](=O)[O-])cc2)cc1. The van der Waals surface area contributed by atoms with Gasteiger partial charge in [0.2, 0.25) is 5.91 Å². The van der Waals surface area contributed by atoms with Crippen molar-refractivity contribution in [2.75, 3.05) is 11.1 Å². The van der Waals surface area contributed by atoms with Crippen molar-refractivity contribution in [2.24, 2.45) is 0 Å². The van der Waals surface area contributed by atoms with Crippen molar-refractivity contribution in [1.82, 2.24) is 0 Å². The normalized spacial score (nSPS) is 11.1. The molecule has 25 heavy (non-hydrogen) atoms. The van der Waals surface area contributed by atoms with Gasteiger partial charge in [-0.05, 0) is 29.7 Å². The lowest BCUT2D eigenvalue weighted by Gasteiger charge is -2.07. The average molecular weight is 362 g/mol. The number of hydrogen-bond acceptors (Lipinski definition) is 5. The highest BCUT2D eigenvalue weighted by molar-refractivity contribution is 7.91. The van der Waals surface area contributed by atoms with E-state index in [4.69, 9.17) is 0 Å². The second-order valence-corrected chi connectivity index (χ2v) is 7.62. The fourth-order valence-electron chi connectivity index (χ4n) is 2.24. The van der Waals surface area contributed by atoms with E-state index in [0.717, 1.165) is 12.0 Å². The first kappa shape index (κ1) is 18.6. The minimum Gasteiger partial charge on any atom is -0.325 e. The topological polar surface area (TPSA) is 106 Å². The molecule has 0 atom stereocenters. The van der Waals surface area contributed by atoms with Crippen LogP contribution in [0, 0.1) is 10.1 Å². The fourth-order valence-corrected chi connectivity index (χ4v) is 3.51. The van der Waals surface area contributed by atoms with Gasteiger partial charge in [0.05, 0.1) is 10.7 Å². The van der Waals surface area contributed by atoms with Crippen molar-refractivity contribution in [3.05, 3.63) is 69.8 Å². The number of nitrogens with one attached hydrogen (secondary N) is 1. The third-order valence-electron chi connectivity index (χ3n) is 3.53. The van der Waals surface area contributed by atoms with Crippen LogP contribution in [0.3, 0.4) is 0 Å². The van der Waals surface area contributed by atoms with E-state index in [2.05, 4.69) is 5.32 Å². The molecule has 1 N–H and O–H groups in total. The zero-order valence-corrected chi connectivity index (χ0v) is 14.5. The summed E-state index contributed by atoms with van der Waals surface area (Å²) in [5.41, 5.74) is 1.93. The van der Waals surface area contributed by atoms with Crippen LogP contribution in [0.2, 0.25) is 0 Å². The Morgan fingerprint density at radius 2 is 1.60 bits per heavy atom. The van der Waals surface area contributed by atoms with Gasteiger partial charge in [-0.3, -0.25) is 14.9 Å². The van der Waals surface area contributed by atoms with Crippen LogP contribution in [0.25, 0.3) is 0 Å². The van der Waals surface area contributed by atoms with Gasteiger partial charge in [0.15, 0.2) is 9.84 Å². The van der Waals surface area contributed by atoms with Gasteiger partial charge in [-0.1, -0.05) is 31.2 Å². The highest BCUT2D eigenvalue weighted by Gasteiger charge is 2.18. The largest absolute Gasteiger partial charge is 0.325 e. The van der Waals surface area contributed by atoms with E-state index in [1.807, 2.05) is 19.1 Å². The quantitative estimate of drug-likeness (QED) is 0.602. The Kier molecular flexibility index (Phi) is 5.87. The van der Waals surface area contributed by atoms with Gasteiger partial charge in [-0.15, -0.1) is 0 Å². The van der Waals surface area contributed by atoms with Crippen LogP contribution in [-0.2, 0) is 26.8 Å². The van der Waals surface area contributed by atoms with Crippen molar-refractivity contribution < 1.29 is 18.1 Å². The molecule has 2 aromatic carbocycles. The molecule has 0 fully saturated rings. The molecule has 0 radical (unpaired) electrons. The number of nitro benzene ring substituents is 1. The maximum atomic E-state index is 12.1. The third kappa shape index (κ3) is 5.68. The van der Waals surface area contributed by atoms with Crippen LogP contribution < -0.4 is 5.32 Å². The number of hydrogen-bond donors (Lipinski definition) is 1. The predicted molar refractivity (Wildman–Crippen MR) is 95.0 cm³/mol. The molecular formula is C17H18N2O5S. The number of amides is 1. The minimum absolute atomic E-state index is 0.116. The highest BCUT2D eigenvalue weighted by atomic mass is 32.2. The Labute approximate surface area is 145 Å². The van der Waals surface area contributed by atoms with E-state index in [0.29, 0.717) is 11.3 Å². The molecule has 0 aromatic heterocycles. The number of nitro groups is 1. The summed E-state index contributed by atoms with van der Waals surface area (Å²) < 4.78 is 24.3. The monoisotopic (exact) mass is 362 g/mol. The van der Waals surface area contributed by atoms with Crippen LogP contribution in [-0.4, -0.2) is 25.0 Å². The van der Waals surface area contributed by atoms with Crippen LogP contribution in [0.15, 0.2) is 48.5 Å². The number of aryl methyl sites for hydroxylation is 1. The summed E-state index contributed by atoms with van der Waals surface area (Å²) in [5.74, 6) is -1.63. The van der Waals surface area contributed by atoms with E-state index >= 15 is 0 Å². The molecule has 0 spiro atoms. The summed E-state index contributed by atoms with van der Waals surface area (Å²) in [6.07, 6.45) is 0.873. The summed E-state index contributed by atoms with van der Waals surface area (Å²) in [5, 5.41) is 13.1. The minimum atomic E-state index is -3.68. The fraction of sp³-hybridized carbons (Fsp3) is 0.235. The summed E-state index contributed by atoms with van der Waals surface area (Å²) in [4.78, 5) is 22.0. The maximum absolute atomic E-state index is 12.1. The van der Waals surface area contributed by atoms with Crippen LogP contribution in [0.4, 0.5) is 11.4 Å². The summed E-state index contributed by atoms with van der Waals surface area (Å²) in [7, 11) is -3.68. The Morgan fingerprint density at radius 3 is 2.12 bits per heavy atom. The molecule has 2 rings (SSSR count). The number of carbonyl (C=O) groups excluding carboxylic acids is 1. The van der Waals surface area contributed by atoms with Crippen molar-refractivity contribution >= 4 is 27.1 Å². The van der Waals surface area contributed by atoms with Crippen molar-refractivity contribution in [2.45, 2.75) is 19.1 Å². The standard InChI is InChI=1S/C17H18N2O5S/c1-2-13-3-7-15(8-4-13)18-17(20)12-25(23,24)11-14-5-9-16(10-6-14)19(21)22/h3-10H,2,11-12H2,1H3,(H,18,20). The van der Waals surface area contributed by atoms with Gasteiger partial charge < -0.3 is 5.32 Å². The summed E-state index contributed by atoms with van der Waals surface area (Å²) in [6.45, 7) is 2.01. The number of rotatable bonds is 7. The molecule has 0 saturated carbocycles. The lowest BCUT2D eigenvalue weighted by atomic mass is 10.1. The van der Waals surface area contributed by atoms with E-state index in [1.54, 1.807) is 12.1 Å². The molecule has 0 aliphatic carbocycles. The zero-order valence-electron chi connectivity index (χ0n) is 13.6. The van der Waals surface area contributed by atoms with Gasteiger partial charge in [0.1, 0.15) is 5.75 Å². The Bertz CT molecular complexity index is 859. The van der Waals surface area contributed by atoms with Crippen molar-refractivity contribution in [3.8, 4) is 0 Å². The highest BCUT2D eigenvalue weighted by Crippen LogP contribution is 2.15. The van der Waals surface area contributed by atoms with Gasteiger partial charge in [0, 0.05) is 17.8 Å². The first-order valence-corrected chi connectivity index (χ1v) is 9.44. The summed E-state index contributed by atoms with van der Waals surface area (Å²) in [6, 6.07) is 12.4. The number of anilines is 1. The maximum Gasteiger partial charge on any atom is 0.269 e. The molecule has 0 saturated heterocycles. The molecule has 0 bridgehead atoms. The number of carbonyl (C=O) groups is 1. The molecule has 0 unspecified atom stereocenters. The molecular weight excluding hydrogens is 344 g/mol. The van der Waals surface area contributed by atoms with Crippen LogP contribution >= 0.6 is 0 Å². The first-order valence-electron chi connectivity index (χ1n) is 7.61. The Balaban J connectivity index is 1.97. The first-order chi connectivity index (χ1) is 11.8. The molecule has 132 valence electrons. The van der Waals surface area contributed by atoms with E-state index in [9.17, 15) is 23.3 Å². The average Bonchev–Trinajstić information content (AvgIpc) is 2.55. The second kappa shape index (κ2) is 7.89. The third-order valence-corrected chi connectivity index (χ3v) is 5.01. The van der Waals surface area contributed by atoms with E-state index < -0.39 is 26.4 Å². The molecule has 7 nitrogen and oxygen atoms in total. The molecule has 0 heterocycles. The van der Waals surface area contributed by atoms with E-state index in [1.165, 1.54) is 24.3 Å². The number of nitrogens with zero attached hydrogens (tertiary/aromatic N) is 1. The molecule has 1 amide bonds. The lowest BCUT2D eigenvalue weighted by molar-refractivity contribution is -0.384. The number of benzene rings is 2. The van der Waals surface area contributed by atoms with Crippen molar-refractivity contribution in [1.29, 1.82) is 0 Å². The number of sulfone groups is 1. The molecule has 0 aliphatic rings. The molecule has 0 aliphatic heterocycles. The predicted octanol–water partition coefficient (Wildman–Crippen LogP) is 2.71.